The largest absolute Gasteiger partial charge is 0.396 e. The van der Waals surface area contributed by atoms with Crippen molar-refractivity contribution >= 4 is 5.91 Å². The van der Waals surface area contributed by atoms with Gasteiger partial charge in [0.05, 0.1) is 6.33 Å². The third-order valence-electron chi connectivity index (χ3n) is 3.83. The second kappa shape index (κ2) is 6.68. The Morgan fingerprint density at radius 2 is 2.32 bits per heavy atom. The van der Waals surface area contributed by atoms with Gasteiger partial charge in [-0.2, -0.15) is 0 Å². The number of nitrogens with two attached hydrogens (primary N) is 1. The molecule has 0 bridgehead atoms. The quantitative estimate of drug-likeness (QED) is 0.674. The number of hydrogen-bond donors (Lipinski definition) is 3. The van der Waals surface area contributed by atoms with Crippen molar-refractivity contribution < 1.29 is 9.90 Å². The van der Waals surface area contributed by atoms with E-state index in [2.05, 4.69) is 10.3 Å². The van der Waals surface area contributed by atoms with Gasteiger partial charge in [0.2, 0.25) is 0 Å². The number of carbonyl (C=O) groups is 1. The Morgan fingerprint density at radius 3 is 3.05 bits per heavy atom. The molecule has 1 aromatic heterocycles. The lowest BCUT2D eigenvalue weighted by atomic mass is 9.97. The summed E-state index contributed by atoms with van der Waals surface area (Å²) < 4.78 is 1.81. The highest BCUT2D eigenvalue weighted by Gasteiger charge is 2.26. The second-order valence-electron chi connectivity index (χ2n) is 5.13. The fraction of sp³-hybridized carbons (Fsp3) is 0.692. The number of rotatable bonds is 6. The summed E-state index contributed by atoms with van der Waals surface area (Å²) in [6.45, 7) is 2.02. The van der Waals surface area contributed by atoms with Gasteiger partial charge in [-0.1, -0.05) is 6.42 Å². The zero-order valence-electron chi connectivity index (χ0n) is 11.1. The predicted molar refractivity (Wildman–Crippen MR) is 71.5 cm³/mol. The maximum atomic E-state index is 11.9. The van der Waals surface area contributed by atoms with E-state index in [0.29, 0.717) is 37.2 Å². The van der Waals surface area contributed by atoms with Crippen LogP contribution in [-0.4, -0.2) is 40.3 Å². The average Bonchev–Trinajstić information content (AvgIpc) is 3.04. The number of aromatic nitrogens is 2. The molecule has 1 heterocycles. The summed E-state index contributed by atoms with van der Waals surface area (Å²) in [6.07, 6.45) is 6.60. The molecule has 0 aliphatic heterocycles. The first-order chi connectivity index (χ1) is 9.24. The molecule has 0 spiro atoms. The Morgan fingerprint density at radius 1 is 1.53 bits per heavy atom. The summed E-state index contributed by atoms with van der Waals surface area (Å²) in [5, 5.41) is 12.1. The molecule has 19 heavy (non-hydrogen) atoms. The van der Waals surface area contributed by atoms with Gasteiger partial charge >= 0.3 is 0 Å². The van der Waals surface area contributed by atoms with Crippen molar-refractivity contribution in [3.8, 4) is 0 Å². The Bertz CT molecular complexity index is 419. The van der Waals surface area contributed by atoms with Gasteiger partial charge in [0.1, 0.15) is 5.69 Å². The standard InChI is InChI=1S/C13H22N4O2/c14-4-5-17-7-12(16-9-17)13(19)15-6-10-2-1-3-11(10)8-18/h7,9-11,18H,1-6,8,14H2,(H,15,19). The van der Waals surface area contributed by atoms with Crippen LogP contribution in [0.2, 0.25) is 0 Å². The molecule has 6 nitrogen and oxygen atoms in total. The normalized spacial score (nSPS) is 22.6. The van der Waals surface area contributed by atoms with E-state index in [1.807, 2.05) is 0 Å². The molecule has 0 radical (unpaired) electrons. The lowest BCUT2D eigenvalue weighted by molar-refractivity contribution is 0.0933. The highest BCUT2D eigenvalue weighted by Crippen LogP contribution is 2.30. The van der Waals surface area contributed by atoms with Gasteiger partial charge in [-0.05, 0) is 24.7 Å². The third kappa shape index (κ3) is 3.54. The van der Waals surface area contributed by atoms with Crippen molar-refractivity contribution in [2.24, 2.45) is 17.6 Å². The minimum absolute atomic E-state index is 0.153. The number of carbonyl (C=O) groups excluding carboxylic acids is 1. The molecule has 1 aliphatic carbocycles. The molecule has 1 amide bonds. The summed E-state index contributed by atoms with van der Waals surface area (Å²) in [5.41, 5.74) is 5.87. The number of aliphatic hydroxyl groups is 1. The molecular formula is C13H22N4O2. The zero-order chi connectivity index (χ0) is 13.7. The van der Waals surface area contributed by atoms with Crippen LogP contribution in [0.15, 0.2) is 12.5 Å². The fourth-order valence-electron chi connectivity index (χ4n) is 2.69. The summed E-state index contributed by atoms with van der Waals surface area (Å²) in [5.74, 6) is 0.564. The summed E-state index contributed by atoms with van der Waals surface area (Å²) in [7, 11) is 0. The highest BCUT2D eigenvalue weighted by molar-refractivity contribution is 5.91. The number of nitrogens with one attached hydrogen (secondary N) is 1. The Kier molecular flexibility index (Phi) is 4.93. The van der Waals surface area contributed by atoms with Crippen molar-refractivity contribution in [3.63, 3.8) is 0 Å². The monoisotopic (exact) mass is 266 g/mol. The van der Waals surface area contributed by atoms with E-state index in [1.165, 1.54) is 0 Å². The number of hydrogen-bond acceptors (Lipinski definition) is 4. The van der Waals surface area contributed by atoms with Crippen molar-refractivity contribution in [2.75, 3.05) is 19.7 Å². The first-order valence-corrected chi connectivity index (χ1v) is 6.85. The molecule has 2 unspecified atom stereocenters. The molecule has 106 valence electrons. The van der Waals surface area contributed by atoms with Crippen LogP contribution in [0, 0.1) is 11.8 Å². The van der Waals surface area contributed by atoms with Gasteiger partial charge < -0.3 is 20.7 Å². The second-order valence-corrected chi connectivity index (χ2v) is 5.13. The Hall–Kier alpha value is -1.40. The number of nitrogens with zero attached hydrogens (tertiary/aromatic N) is 2. The number of amides is 1. The van der Waals surface area contributed by atoms with Gasteiger partial charge in [-0.3, -0.25) is 4.79 Å². The van der Waals surface area contributed by atoms with Gasteiger partial charge in [0.25, 0.3) is 5.91 Å². The van der Waals surface area contributed by atoms with Crippen LogP contribution in [0.5, 0.6) is 0 Å². The Balaban J connectivity index is 1.83. The molecule has 2 rings (SSSR count). The first-order valence-electron chi connectivity index (χ1n) is 6.85. The minimum atomic E-state index is -0.153. The van der Waals surface area contributed by atoms with Crippen LogP contribution in [0.25, 0.3) is 0 Å². The third-order valence-corrected chi connectivity index (χ3v) is 3.83. The van der Waals surface area contributed by atoms with Crippen LogP contribution in [0.4, 0.5) is 0 Å². The molecule has 2 atom stereocenters. The van der Waals surface area contributed by atoms with Crippen LogP contribution in [0.1, 0.15) is 29.8 Å². The molecule has 1 fully saturated rings. The molecule has 1 aromatic rings. The van der Waals surface area contributed by atoms with E-state index in [9.17, 15) is 9.90 Å². The molecule has 1 saturated carbocycles. The topological polar surface area (TPSA) is 93.2 Å². The van der Waals surface area contributed by atoms with E-state index in [4.69, 9.17) is 5.73 Å². The van der Waals surface area contributed by atoms with Gasteiger partial charge in [0.15, 0.2) is 0 Å². The van der Waals surface area contributed by atoms with Crippen LogP contribution in [0.3, 0.4) is 0 Å². The van der Waals surface area contributed by atoms with Crippen LogP contribution < -0.4 is 11.1 Å². The Labute approximate surface area is 113 Å². The van der Waals surface area contributed by atoms with Crippen molar-refractivity contribution in [1.82, 2.24) is 14.9 Å². The summed E-state index contributed by atoms with van der Waals surface area (Å²) >= 11 is 0. The summed E-state index contributed by atoms with van der Waals surface area (Å²) in [4.78, 5) is 16.0. The molecule has 6 heteroatoms. The predicted octanol–water partition coefficient (Wildman–Crippen LogP) is -0.0198. The van der Waals surface area contributed by atoms with Gasteiger partial charge in [-0.15, -0.1) is 0 Å². The molecule has 1 aliphatic rings. The molecule has 4 N–H and O–H groups in total. The number of imidazole rings is 1. The van der Waals surface area contributed by atoms with Crippen LogP contribution >= 0.6 is 0 Å². The maximum absolute atomic E-state index is 11.9. The van der Waals surface area contributed by atoms with Crippen molar-refractivity contribution in [1.29, 1.82) is 0 Å². The van der Waals surface area contributed by atoms with Gasteiger partial charge in [0, 0.05) is 32.4 Å². The van der Waals surface area contributed by atoms with E-state index >= 15 is 0 Å². The molecular weight excluding hydrogens is 244 g/mol. The van der Waals surface area contributed by atoms with E-state index in [0.717, 1.165) is 19.3 Å². The summed E-state index contributed by atoms with van der Waals surface area (Å²) in [6, 6.07) is 0. The minimum Gasteiger partial charge on any atom is -0.396 e. The van der Waals surface area contributed by atoms with Crippen molar-refractivity contribution in [3.05, 3.63) is 18.2 Å². The van der Waals surface area contributed by atoms with Crippen LogP contribution in [-0.2, 0) is 6.54 Å². The lowest BCUT2D eigenvalue weighted by Gasteiger charge is -2.17. The SMILES string of the molecule is NCCn1cnc(C(=O)NCC2CCCC2CO)c1. The fourth-order valence-corrected chi connectivity index (χ4v) is 2.69. The first kappa shape index (κ1) is 14.0. The lowest BCUT2D eigenvalue weighted by Crippen LogP contribution is -2.31. The van der Waals surface area contributed by atoms with E-state index in [-0.39, 0.29) is 12.5 Å². The average molecular weight is 266 g/mol. The van der Waals surface area contributed by atoms with E-state index < -0.39 is 0 Å². The highest BCUT2D eigenvalue weighted by atomic mass is 16.3. The van der Waals surface area contributed by atoms with Crippen molar-refractivity contribution in [2.45, 2.75) is 25.8 Å². The maximum Gasteiger partial charge on any atom is 0.271 e. The zero-order valence-corrected chi connectivity index (χ0v) is 11.1. The number of aliphatic hydroxyl groups excluding tert-OH is 1. The van der Waals surface area contributed by atoms with E-state index in [1.54, 1.807) is 17.1 Å². The molecule has 0 saturated heterocycles. The smallest absolute Gasteiger partial charge is 0.271 e. The van der Waals surface area contributed by atoms with Gasteiger partial charge in [-0.25, -0.2) is 4.98 Å². The molecule has 0 aromatic carbocycles.